The fourth-order valence-electron chi connectivity index (χ4n) is 0.204. The SMILES string of the molecule is CCOCC.[Pd]. The maximum atomic E-state index is 4.83. The molecule has 2 heteroatoms. The molecule has 0 aliphatic rings. The van der Waals surface area contributed by atoms with Crippen LogP contribution in [0.15, 0.2) is 0 Å². The Bertz CT molecular complexity index is 15.0. The average molecular weight is 181 g/mol. The van der Waals surface area contributed by atoms with Crippen molar-refractivity contribution in [2.45, 2.75) is 13.8 Å². The van der Waals surface area contributed by atoms with Crippen LogP contribution in [0.3, 0.4) is 0 Å². The van der Waals surface area contributed by atoms with Crippen molar-refractivity contribution in [3.8, 4) is 0 Å². The van der Waals surface area contributed by atoms with Crippen molar-refractivity contribution in [3.63, 3.8) is 0 Å². The second-order valence-electron chi connectivity index (χ2n) is 0.781. The van der Waals surface area contributed by atoms with E-state index >= 15 is 0 Å². The maximum Gasteiger partial charge on any atom is 0.0437 e. The molecule has 0 aliphatic heterocycles. The minimum Gasteiger partial charge on any atom is -0.382 e. The van der Waals surface area contributed by atoms with E-state index in [-0.39, 0.29) is 20.4 Å². The minimum atomic E-state index is 0. The van der Waals surface area contributed by atoms with Crippen molar-refractivity contribution in [3.05, 3.63) is 0 Å². The Balaban J connectivity index is 0. The molecule has 0 atom stereocenters. The minimum absolute atomic E-state index is 0. The van der Waals surface area contributed by atoms with E-state index in [1.807, 2.05) is 13.8 Å². The van der Waals surface area contributed by atoms with Gasteiger partial charge in [0.15, 0.2) is 0 Å². The molecule has 0 N–H and O–H groups in total. The van der Waals surface area contributed by atoms with Crippen LogP contribution in [-0.4, -0.2) is 13.2 Å². The molecule has 0 saturated carbocycles. The zero-order valence-electron chi connectivity index (χ0n) is 4.14. The third-order valence-corrected chi connectivity index (χ3v) is 0.408. The van der Waals surface area contributed by atoms with Crippen LogP contribution in [0.25, 0.3) is 0 Å². The third-order valence-electron chi connectivity index (χ3n) is 0.408. The summed E-state index contributed by atoms with van der Waals surface area (Å²) >= 11 is 0. The standard InChI is InChI=1S/C4H10O.Pd/c1-3-5-4-2;/h3-4H2,1-2H3;. The summed E-state index contributed by atoms with van der Waals surface area (Å²) in [6.45, 7) is 5.67. The number of ether oxygens (including phenoxy) is 1. The zero-order chi connectivity index (χ0) is 4.12. The summed E-state index contributed by atoms with van der Waals surface area (Å²) < 4.78 is 4.83. The molecule has 0 fully saturated rings. The first kappa shape index (κ1) is 9.80. The van der Waals surface area contributed by atoms with Crippen LogP contribution >= 0.6 is 0 Å². The molecule has 0 aromatic rings. The molecule has 0 heterocycles. The Labute approximate surface area is 52.7 Å². The van der Waals surface area contributed by atoms with Crippen molar-refractivity contribution in [2.75, 3.05) is 13.2 Å². The van der Waals surface area contributed by atoms with E-state index in [0.717, 1.165) is 13.2 Å². The van der Waals surface area contributed by atoms with E-state index in [0.29, 0.717) is 0 Å². The van der Waals surface area contributed by atoms with Crippen LogP contribution in [0.5, 0.6) is 0 Å². The Kier molecular flexibility index (Phi) is 14.9. The van der Waals surface area contributed by atoms with Gasteiger partial charge in [0, 0.05) is 33.6 Å². The van der Waals surface area contributed by atoms with Crippen molar-refractivity contribution in [1.29, 1.82) is 0 Å². The average Bonchev–Trinajstić information content (AvgIpc) is 1.41. The largest absolute Gasteiger partial charge is 0.382 e. The summed E-state index contributed by atoms with van der Waals surface area (Å²) in [6, 6.07) is 0. The molecule has 0 aliphatic carbocycles. The molecule has 0 aromatic carbocycles. The second-order valence-corrected chi connectivity index (χ2v) is 0.781. The number of rotatable bonds is 2. The summed E-state index contributed by atoms with van der Waals surface area (Å²) in [5.74, 6) is 0. The molecule has 0 aromatic heterocycles. The van der Waals surface area contributed by atoms with Crippen LogP contribution in [-0.2, 0) is 25.2 Å². The number of hydrogen-bond acceptors (Lipinski definition) is 1. The van der Waals surface area contributed by atoms with Gasteiger partial charge in [0.25, 0.3) is 0 Å². The summed E-state index contributed by atoms with van der Waals surface area (Å²) in [4.78, 5) is 0. The van der Waals surface area contributed by atoms with Gasteiger partial charge in [0.05, 0.1) is 0 Å². The summed E-state index contributed by atoms with van der Waals surface area (Å²) in [6.07, 6.45) is 0. The summed E-state index contributed by atoms with van der Waals surface area (Å²) in [7, 11) is 0. The van der Waals surface area contributed by atoms with Gasteiger partial charge in [-0.2, -0.15) is 0 Å². The molecule has 0 rings (SSSR count). The second kappa shape index (κ2) is 9.16. The van der Waals surface area contributed by atoms with Crippen LogP contribution in [0, 0.1) is 0 Å². The first-order chi connectivity index (χ1) is 2.41. The van der Waals surface area contributed by atoms with Gasteiger partial charge in [-0.15, -0.1) is 0 Å². The van der Waals surface area contributed by atoms with Crippen LogP contribution in [0.1, 0.15) is 13.8 Å². The van der Waals surface area contributed by atoms with Crippen molar-refractivity contribution >= 4 is 0 Å². The summed E-state index contributed by atoms with van der Waals surface area (Å²) in [5, 5.41) is 0. The molecule has 6 heavy (non-hydrogen) atoms. The Morgan fingerprint density at radius 1 is 1.17 bits per heavy atom. The molecule has 0 spiro atoms. The van der Waals surface area contributed by atoms with E-state index in [1.54, 1.807) is 0 Å². The van der Waals surface area contributed by atoms with E-state index in [1.165, 1.54) is 0 Å². The monoisotopic (exact) mass is 180 g/mol. The maximum absolute atomic E-state index is 4.83. The molecule has 0 amide bonds. The van der Waals surface area contributed by atoms with E-state index in [2.05, 4.69) is 0 Å². The Hall–Kier alpha value is 0.622. The van der Waals surface area contributed by atoms with Gasteiger partial charge < -0.3 is 4.74 Å². The predicted molar refractivity (Wildman–Crippen MR) is 22.2 cm³/mol. The Morgan fingerprint density at radius 2 is 1.50 bits per heavy atom. The van der Waals surface area contributed by atoms with Gasteiger partial charge in [-0.1, -0.05) is 0 Å². The molecule has 0 unspecified atom stereocenters. The first-order valence-electron chi connectivity index (χ1n) is 1.99. The van der Waals surface area contributed by atoms with Gasteiger partial charge in [0.2, 0.25) is 0 Å². The van der Waals surface area contributed by atoms with Crippen molar-refractivity contribution < 1.29 is 25.2 Å². The fraction of sp³-hybridized carbons (Fsp3) is 1.00. The quantitative estimate of drug-likeness (QED) is 0.577. The zero-order valence-corrected chi connectivity index (χ0v) is 5.69. The van der Waals surface area contributed by atoms with Crippen LogP contribution < -0.4 is 0 Å². The molecule has 1 nitrogen and oxygen atoms in total. The number of hydrogen-bond donors (Lipinski definition) is 0. The van der Waals surface area contributed by atoms with Gasteiger partial charge in [-0.25, -0.2) is 0 Å². The van der Waals surface area contributed by atoms with Gasteiger partial charge in [-0.3, -0.25) is 0 Å². The molecular formula is C4H10OPd. The molecule has 0 radical (unpaired) electrons. The molecule has 0 bridgehead atoms. The molecule has 42 valence electrons. The molecule has 0 saturated heterocycles. The molecular weight excluding hydrogens is 170 g/mol. The van der Waals surface area contributed by atoms with E-state index < -0.39 is 0 Å². The topological polar surface area (TPSA) is 9.23 Å². The van der Waals surface area contributed by atoms with Gasteiger partial charge in [0.1, 0.15) is 0 Å². The van der Waals surface area contributed by atoms with E-state index in [4.69, 9.17) is 4.74 Å². The van der Waals surface area contributed by atoms with Crippen molar-refractivity contribution in [2.24, 2.45) is 0 Å². The first-order valence-corrected chi connectivity index (χ1v) is 1.99. The van der Waals surface area contributed by atoms with Crippen LogP contribution in [0.4, 0.5) is 0 Å². The van der Waals surface area contributed by atoms with E-state index in [9.17, 15) is 0 Å². The summed E-state index contributed by atoms with van der Waals surface area (Å²) in [5.41, 5.74) is 0. The smallest absolute Gasteiger partial charge is 0.0437 e. The normalized spacial score (nSPS) is 7.00. The van der Waals surface area contributed by atoms with Crippen LogP contribution in [0.2, 0.25) is 0 Å². The third kappa shape index (κ3) is 8.82. The van der Waals surface area contributed by atoms with Crippen molar-refractivity contribution in [1.82, 2.24) is 0 Å². The predicted octanol–water partition coefficient (Wildman–Crippen LogP) is 1.04. The van der Waals surface area contributed by atoms with Gasteiger partial charge >= 0.3 is 0 Å². The van der Waals surface area contributed by atoms with Gasteiger partial charge in [-0.05, 0) is 13.8 Å². The fourth-order valence-corrected chi connectivity index (χ4v) is 0.204. The Morgan fingerprint density at radius 3 is 1.50 bits per heavy atom.